The van der Waals surface area contributed by atoms with E-state index >= 15 is 0 Å². The van der Waals surface area contributed by atoms with E-state index in [0.29, 0.717) is 37.2 Å². The quantitative estimate of drug-likeness (QED) is 0.0219. The number of unbranched alkanes of at least 4 members (excludes halogenated alkanes) is 4. The average Bonchev–Trinajstić information content (AvgIpc) is 3.89. The predicted octanol–water partition coefficient (Wildman–Crippen LogP) is 12.3. The minimum Gasteiger partial charge on any atom is -0.493 e. The maximum Gasteiger partial charge on any atom is 0.673 e. The molecule has 0 saturated heterocycles. The topological polar surface area (TPSA) is 84.3 Å². The first-order chi connectivity index (χ1) is 29.4. The zero-order chi connectivity index (χ0) is 43.7. The number of benzene rings is 4. The molecule has 4 aromatic carbocycles. The number of hydrogen-bond donors (Lipinski definition) is 0. The van der Waals surface area contributed by atoms with Gasteiger partial charge < -0.3 is 31.3 Å². The molecule has 7 rings (SSSR count). The van der Waals surface area contributed by atoms with Crippen molar-refractivity contribution in [2.45, 2.75) is 98.4 Å². The van der Waals surface area contributed by atoms with E-state index in [9.17, 15) is 30.9 Å². The van der Waals surface area contributed by atoms with E-state index in [1.165, 1.54) is 0 Å². The number of nitrogens with zero attached hydrogens (tertiary/aromatic N) is 3. The fourth-order valence-electron chi connectivity index (χ4n) is 8.30. The van der Waals surface area contributed by atoms with Crippen molar-refractivity contribution in [2.24, 2.45) is 0 Å². The smallest absolute Gasteiger partial charge is 0.493 e. The van der Waals surface area contributed by atoms with Crippen molar-refractivity contribution in [3.63, 3.8) is 0 Å². The zero-order valence-electron chi connectivity index (χ0n) is 35.5. The van der Waals surface area contributed by atoms with E-state index in [0.717, 1.165) is 131 Å². The third kappa shape index (κ3) is 10.1. The van der Waals surface area contributed by atoms with Gasteiger partial charge in [0.1, 0.15) is 18.0 Å². The molecule has 2 heterocycles. The Labute approximate surface area is 356 Å². The van der Waals surface area contributed by atoms with Gasteiger partial charge in [-0.05, 0) is 73.6 Å². The van der Waals surface area contributed by atoms with E-state index in [1.54, 1.807) is 5.40 Å². The highest BCUT2D eigenvalue weighted by Gasteiger charge is 2.33. The zero-order valence-corrected chi connectivity index (χ0v) is 36.3. The van der Waals surface area contributed by atoms with Crippen LogP contribution in [0.3, 0.4) is 0 Å². The summed E-state index contributed by atoms with van der Waals surface area (Å²) in [7, 11) is -10.2. The van der Waals surface area contributed by atoms with Crippen molar-refractivity contribution >= 4 is 67.0 Å². The van der Waals surface area contributed by atoms with E-state index < -0.39 is 17.1 Å². The standard InChI is InChI=1S/C48H54N3O4S.BF4/c1-5-9-29-50-40(36-15-13-17-38-44(54-31-11-7-3)27-25-42(50)46(36)38)23-21-34-19-20-35(48(34)56(52,53)33-49)22-24-41-37-16-14-18-39-45(55-32-12-8-4)28-26-43(47(37)39)51(41)30-10-6-2;2-1(3,4)5/h13-18,21-28H,5-12,19-20,29-32H2,1-4H3;/q+1;-1. The molecule has 13 heteroatoms. The van der Waals surface area contributed by atoms with Gasteiger partial charge in [0.05, 0.1) is 29.1 Å². The van der Waals surface area contributed by atoms with Crippen molar-refractivity contribution in [1.82, 2.24) is 4.57 Å². The minimum absolute atomic E-state index is 0.134. The summed E-state index contributed by atoms with van der Waals surface area (Å²) < 4.78 is 83.4. The Hall–Kier alpha value is -5.35. The third-order valence-electron chi connectivity index (χ3n) is 11.2. The number of hydrogen-bond acceptors (Lipinski definition) is 5. The lowest BCUT2D eigenvalue weighted by Crippen LogP contribution is -2.16. The third-order valence-corrected chi connectivity index (χ3v) is 12.5. The summed E-state index contributed by atoms with van der Waals surface area (Å²) in [4.78, 5) is 0.134. The van der Waals surface area contributed by atoms with Gasteiger partial charge in [-0.1, -0.05) is 95.9 Å². The molecule has 0 bridgehead atoms. The van der Waals surface area contributed by atoms with Crippen LogP contribution < -0.4 is 14.8 Å². The number of rotatable bonds is 18. The Kier molecular flexibility index (Phi) is 14.8. The van der Waals surface area contributed by atoms with Crippen LogP contribution in [-0.4, -0.2) is 50.3 Å². The van der Waals surface area contributed by atoms with Crippen LogP contribution in [0.4, 0.5) is 23.0 Å². The number of aryl methyl sites for hydroxylation is 1. The number of aromatic nitrogens is 1. The lowest BCUT2D eigenvalue weighted by molar-refractivity contribution is -0.436. The van der Waals surface area contributed by atoms with Crippen molar-refractivity contribution in [1.29, 1.82) is 5.26 Å². The van der Waals surface area contributed by atoms with Crippen LogP contribution in [0.1, 0.15) is 97.5 Å². The molecule has 5 aromatic rings. The summed E-state index contributed by atoms with van der Waals surface area (Å²) in [5.74, 6) is 1.78. The van der Waals surface area contributed by atoms with Crippen molar-refractivity contribution in [2.75, 3.05) is 19.8 Å². The first-order valence-electron chi connectivity index (χ1n) is 21.5. The van der Waals surface area contributed by atoms with Gasteiger partial charge in [0.2, 0.25) is 11.4 Å². The lowest BCUT2D eigenvalue weighted by atomic mass is 10.0. The molecule has 2 aliphatic rings. The van der Waals surface area contributed by atoms with Gasteiger partial charge in [-0.3, -0.25) is 0 Å². The van der Waals surface area contributed by atoms with E-state index in [1.807, 2.05) is 12.2 Å². The molecule has 322 valence electrons. The van der Waals surface area contributed by atoms with Gasteiger partial charge in [-0.15, -0.1) is 0 Å². The maximum absolute atomic E-state index is 13.6. The summed E-state index contributed by atoms with van der Waals surface area (Å²) in [5, 5.41) is 18.3. The monoisotopic (exact) mass is 855 g/mol. The summed E-state index contributed by atoms with van der Waals surface area (Å²) in [6.07, 6.45) is 17.3. The van der Waals surface area contributed by atoms with Gasteiger partial charge in [0.15, 0.2) is 5.40 Å². The van der Waals surface area contributed by atoms with Crippen LogP contribution >= 0.6 is 0 Å². The van der Waals surface area contributed by atoms with Gasteiger partial charge in [0, 0.05) is 57.5 Å². The van der Waals surface area contributed by atoms with Crippen LogP contribution in [0.5, 0.6) is 11.5 Å². The summed E-state index contributed by atoms with van der Waals surface area (Å²) >= 11 is 0. The molecule has 1 aromatic heterocycles. The summed E-state index contributed by atoms with van der Waals surface area (Å²) in [5.41, 5.74) is 5.76. The number of ether oxygens (including phenoxy) is 2. The number of allylic oxidation sites excluding steroid dienone is 5. The molecule has 0 amide bonds. The van der Waals surface area contributed by atoms with Crippen molar-refractivity contribution < 1.29 is 39.7 Å². The normalized spacial score (nSPS) is 15.3. The highest BCUT2D eigenvalue weighted by Crippen LogP contribution is 2.42. The molecule has 0 fully saturated rings. The Balaban J connectivity index is 0.00000118. The second kappa shape index (κ2) is 20.0. The average molecular weight is 856 g/mol. The molecular weight excluding hydrogens is 801 g/mol. The van der Waals surface area contributed by atoms with Gasteiger partial charge in [0.25, 0.3) is 9.84 Å². The predicted molar refractivity (Wildman–Crippen MR) is 241 cm³/mol. The van der Waals surface area contributed by atoms with Crippen LogP contribution in [0.2, 0.25) is 0 Å². The maximum atomic E-state index is 13.6. The first kappa shape index (κ1) is 45.2. The Morgan fingerprint density at radius 3 is 2.00 bits per heavy atom. The number of sulfone groups is 1. The van der Waals surface area contributed by atoms with E-state index in [2.05, 4.69) is 110 Å². The Morgan fingerprint density at radius 2 is 1.36 bits per heavy atom. The fraction of sp³-hybridized carbons (Fsp3) is 0.375. The minimum atomic E-state index is -6.00. The molecule has 1 aliphatic carbocycles. The highest BCUT2D eigenvalue weighted by atomic mass is 32.2. The molecule has 1 aliphatic heterocycles. The molecule has 0 atom stereocenters. The van der Waals surface area contributed by atoms with E-state index in [4.69, 9.17) is 9.47 Å². The Morgan fingerprint density at radius 1 is 0.754 bits per heavy atom. The summed E-state index contributed by atoms with van der Waals surface area (Å²) in [6, 6.07) is 21.2. The molecule has 0 radical (unpaired) electrons. The van der Waals surface area contributed by atoms with Crippen molar-refractivity contribution in [3.8, 4) is 16.9 Å². The van der Waals surface area contributed by atoms with E-state index in [-0.39, 0.29) is 4.91 Å². The fourth-order valence-corrected chi connectivity index (χ4v) is 9.42. The Bertz CT molecular complexity index is 2740. The molecule has 7 nitrogen and oxygen atoms in total. The molecule has 0 N–H and O–H groups in total. The first-order valence-corrected chi connectivity index (χ1v) is 23.0. The van der Waals surface area contributed by atoms with Crippen LogP contribution in [-0.2, 0) is 16.4 Å². The van der Waals surface area contributed by atoms with Crippen LogP contribution in [0.25, 0.3) is 38.5 Å². The summed E-state index contributed by atoms with van der Waals surface area (Å²) in [6.45, 7) is 11.7. The van der Waals surface area contributed by atoms with Crippen molar-refractivity contribution in [3.05, 3.63) is 106 Å². The second-order valence-corrected chi connectivity index (χ2v) is 17.0. The number of nitriles is 1. The molecule has 0 saturated carbocycles. The van der Waals surface area contributed by atoms with Gasteiger partial charge >= 0.3 is 7.25 Å². The lowest BCUT2D eigenvalue weighted by Gasteiger charge is -2.10. The largest absolute Gasteiger partial charge is 0.673 e. The molecule has 0 unspecified atom stereocenters. The number of thiocyanates is 1. The second-order valence-electron chi connectivity index (χ2n) is 15.4. The van der Waals surface area contributed by atoms with Gasteiger partial charge in [-0.2, -0.15) is 9.84 Å². The molecular formula is C48H54BF4N3O4S. The molecule has 61 heavy (non-hydrogen) atoms. The SMILES string of the molecule is CCCCOc1ccc2c3c(cccc13)C(C=CC1=C(S(=O)(=O)C#N)C(=CC=c3c4cccc5c(OCCCC)ccc(c54)n3CCCC)CC1)=[N+]2CCCC.F[B-](F)(F)F. The number of halogens is 4. The van der Waals surface area contributed by atoms with Crippen LogP contribution in [0.15, 0.2) is 94.9 Å². The molecule has 0 spiro atoms. The highest BCUT2D eigenvalue weighted by molar-refractivity contribution is 7.99. The van der Waals surface area contributed by atoms with Gasteiger partial charge in [-0.25, -0.2) is 8.42 Å². The van der Waals surface area contributed by atoms with Crippen LogP contribution in [0, 0.1) is 10.7 Å².